The average Bonchev–Trinajstić information content (AvgIpc) is 2.14. The van der Waals surface area contributed by atoms with Crippen molar-refractivity contribution in [2.75, 3.05) is 26.2 Å². The van der Waals surface area contributed by atoms with E-state index >= 15 is 0 Å². The second-order valence-corrected chi connectivity index (χ2v) is 5.73. The highest BCUT2D eigenvalue weighted by atomic mass is 16.7. The Kier molecular flexibility index (Phi) is 3.85. The summed E-state index contributed by atoms with van der Waals surface area (Å²) in [5.74, 6) is 0. The van der Waals surface area contributed by atoms with Crippen molar-refractivity contribution in [1.82, 2.24) is 10.4 Å². The molecule has 0 atom stereocenters. The molecule has 1 aliphatic carbocycles. The highest BCUT2D eigenvalue weighted by Crippen LogP contribution is 2.30. The summed E-state index contributed by atoms with van der Waals surface area (Å²) in [4.78, 5) is 5.89. The van der Waals surface area contributed by atoms with Crippen LogP contribution in [0, 0.1) is 0 Å². The molecule has 94 valence electrons. The van der Waals surface area contributed by atoms with E-state index in [0.29, 0.717) is 12.2 Å². The van der Waals surface area contributed by atoms with E-state index in [-0.39, 0.29) is 5.60 Å². The van der Waals surface area contributed by atoms with Gasteiger partial charge in [-0.15, -0.1) is 0 Å². The molecule has 2 fully saturated rings. The van der Waals surface area contributed by atoms with E-state index in [1.807, 2.05) is 0 Å². The molecule has 16 heavy (non-hydrogen) atoms. The Morgan fingerprint density at radius 2 is 1.69 bits per heavy atom. The van der Waals surface area contributed by atoms with Crippen molar-refractivity contribution in [2.45, 2.75) is 51.4 Å². The van der Waals surface area contributed by atoms with Crippen LogP contribution in [0.5, 0.6) is 0 Å². The van der Waals surface area contributed by atoms with Crippen LogP contribution in [0.3, 0.4) is 0 Å². The van der Waals surface area contributed by atoms with Gasteiger partial charge < -0.3 is 10.1 Å². The summed E-state index contributed by atoms with van der Waals surface area (Å²) < 4.78 is 5.88. The summed E-state index contributed by atoms with van der Waals surface area (Å²) in [5.41, 5.74) is -0.0231. The van der Waals surface area contributed by atoms with Gasteiger partial charge in [0.15, 0.2) is 0 Å². The molecule has 1 saturated carbocycles. The van der Waals surface area contributed by atoms with E-state index in [4.69, 9.17) is 9.57 Å². The highest BCUT2D eigenvalue weighted by molar-refractivity contribution is 4.83. The first-order chi connectivity index (χ1) is 7.53. The van der Waals surface area contributed by atoms with Gasteiger partial charge in [0, 0.05) is 39.0 Å². The van der Waals surface area contributed by atoms with Crippen LogP contribution in [0.15, 0.2) is 0 Å². The van der Waals surface area contributed by atoms with Crippen molar-refractivity contribution < 1.29 is 9.57 Å². The molecule has 2 aliphatic rings. The van der Waals surface area contributed by atoms with Gasteiger partial charge in [0.2, 0.25) is 0 Å². The minimum atomic E-state index is -0.0231. The number of ether oxygens (including phenoxy) is 1. The Labute approximate surface area is 98.2 Å². The SMILES string of the molecule is CC(C)(C)O[C@H]1C[C@H](ON2CCNCC2)C1. The second-order valence-electron chi connectivity index (χ2n) is 5.73. The largest absolute Gasteiger partial charge is 0.372 e. The van der Waals surface area contributed by atoms with Crippen molar-refractivity contribution in [1.29, 1.82) is 0 Å². The number of rotatable bonds is 3. The van der Waals surface area contributed by atoms with Gasteiger partial charge >= 0.3 is 0 Å². The fourth-order valence-electron chi connectivity index (χ4n) is 2.16. The Balaban J connectivity index is 1.61. The topological polar surface area (TPSA) is 33.7 Å². The average molecular weight is 228 g/mol. The zero-order valence-electron chi connectivity index (χ0n) is 10.7. The fourth-order valence-corrected chi connectivity index (χ4v) is 2.16. The molecule has 0 radical (unpaired) electrons. The summed E-state index contributed by atoms with van der Waals surface area (Å²) in [6.45, 7) is 10.4. The van der Waals surface area contributed by atoms with E-state index < -0.39 is 0 Å². The molecule has 2 rings (SSSR count). The van der Waals surface area contributed by atoms with Gasteiger partial charge in [0.05, 0.1) is 17.8 Å². The smallest absolute Gasteiger partial charge is 0.0842 e. The minimum absolute atomic E-state index is 0.0231. The maximum atomic E-state index is 5.89. The van der Waals surface area contributed by atoms with Crippen molar-refractivity contribution in [3.63, 3.8) is 0 Å². The molecule has 1 N–H and O–H groups in total. The zero-order valence-corrected chi connectivity index (χ0v) is 10.7. The molecule has 0 aromatic rings. The van der Waals surface area contributed by atoms with Gasteiger partial charge in [-0.25, -0.2) is 0 Å². The highest BCUT2D eigenvalue weighted by Gasteiger charge is 2.35. The van der Waals surface area contributed by atoms with E-state index in [2.05, 4.69) is 31.2 Å². The van der Waals surface area contributed by atoms with Gasteiger partial charge in [0.25, 0.3) is 0 Å². The standard InChI is InChI=1S/C12H24N2O2/c1-12(2,3)15-10-8-11(9-10)16-14-6-4-13-5-7-14/h10-11,13H,4-9H2,1-3H3/t10-,11-. The maximum absolute atomic E-state index is 5.89. The Bertz CT molecular complexity index is 216. The molecule has 0 aromatic heterocycles. The summed E-state index contributed by atoms with van der Waals surface area (Å²) >= 11 is 0. The van der Waals surface area contributed by atoms with Crippen LogP contribution in [-0.4, -0.2) is 49.1 Å². The molecule has 0 bridgehead atoms. The third-order valence-corrected chi connectivity index (χ3v) is 2.95. The summed E-state index contributed by atoms with van der Waals surface area (Å²) in [6, 6.07) is 0. The van der Waals surface area contributed by atoms with Gasteiger partial charge in [-0.3, -0.25) is 4.84 Å². The van der Waals surface area contributed by atoms with Crippen LogP contribution in [0.1, 0.15) is 33.6 Å². The lowest BCUT2D eigenvalue weighted by Gasteiger charge is -2.41. The molecule has 0 aromatic carbocycles. The van der Waals surface area contributed by atoms with E-state index in [1.165, 1.54) is 0 Å². The number of hydrogen-bond acceptors (Lipinski definition) is 4. The van der Waals surface area contributed by atoms with Crippen LogP contribution in [0.25, 0.3) is 0 Å². The molecule has 0 amide bonds. The Morgan fingerprint density at radius 1 is 1.06 bits per heavy atom. The molecule has 0 spiro atoms. The van der Waals surface area contributed by atoms with Crippen LogP contribution in [0.2, 0.25) is 0 Å². The predicted molar refractivity (Wildman–Crippen MR) is 63.2 cm³/mol. The van der Waals surface area contributed by atoms with E-state index in [0.717, 1.165) is 39.0 Å². The Morgan fingerprint density at radius 3 is 2.25 bits per heavy atom. The predicted octanol–water partition coefficient (Wildman–Crippen LogP) is 1.17. The quantitative estimate of drug-likeness (QED) is 0.786. The fraction of sp³-hybridized carbons (Fsp3) is 1.00. The number of hydrogen-bond donors (Lipinski definition) is 1. The van der Waals surface area contributed by atoms with Gasteiger partial charge in [-0.2, -0.15) is 5.06 Å². The lowest BCUT2D eigenvalue weighted by molar-refractivity contribution is -0.252. The van der Waals surface area contributed by atoms with Crippen LogP contribution in [-0.2, 0) is 9.57 Å². The first-order valence-corrected chi connectivity index (χ1v) is 6.33. The van der Waals surface area contributed by atoms with Gasteiger partial charge in [0.1, 0.15) is 0 Å². The number of nitrogens with one attached hydrogen (secondary N) is 1. The molecule has 4 nitrogen and oxygen atoms in total. The first kappa shape index (κ1) is 12.3. The lowest BCUT2D eigenvalue weighted by atomic mass is 9.91. The molecular weight excluding hydrogens is 204 g/mol. The summed E-state index contributed by atoms with van der Waals surface area (Å²) in [7, 11) is 0. The van der Waals surface area contributed by atoms with Crippen molar-refractivity contribution in [2.24, 2.45) is 0 Å². The van der Waals surface area contributed by atoms with Crippen LogP contribution < -0.4 is 5.32 Å². The van der Waals surface area contributed by atoms with Gasteiger partial charge in [-0.1, -0.05) is 0 Å². The monoisotopic (exact) mass is 228 g/mol. The van der Waals surface area contributed by atoms with Crippen molar-refractivity contribution in [3.8, 4) is 0 Å². The van der Waals surface area contributed by atoms with Crippen LogP contribution >= 0.6 is 0 Å². The molecular formula is C12H24N2O2. The van der Waals surface area contributed by atoms with Gasteiger partial charge in [-0.05, 0) is 20.8 Å². The lowest BCUT2D eigenvalue weighted by Crippen LogP contribution is -2.49. The zero-order chi connectivity index (χ0) is 11.6. The Hall–Kier alpha value is -0.160. The number of piperazine rings is 1. The minimum Gasteiger partial charge on any atom is -0.372 e. The van der Waals surface area contributed by atoms with Crippen LogP contribution in [0.4, 0.5) is 0 Å². The normalized spacial score (nSPS) is 32.4. The van der Waals surface area contributed by atoms with E-state index in [1.54, 1.807) is 0 Å². The van der Waals surface area contributed by atoms with E-state index in [9.17, 15) is 0 Å². The molecule has 1 saturated heterocycles. The molecule has 0 unspecified atom stereocenters. The number of nitrogens with zero attached hydrogens (tertiary/aromatic N) is 1. The molecule has 4 heteroatoms. The summed E-state index contributed by atoms with van der Waals surface area (Å²) in [6.07, 6.45) is 2.86. The second kappa shape index (κ2) is 5.00. The first-order valence-electron chi connectivity index (χ1n) is 6.33. The van der Waals surface area contributed by atoms with Crippen molar-refractivity contribution in [3.05, 3.63) is 0 Å². The molecule has 1 heterocycles. The maximum Gasteiger partial charge on any atom is 0.0842 e. The van der Waals surface area contributed by atoms with Crippen molar-refractivity contribution >= 4 is 0 Å². The number of hydroxylamine groups is 2. The third-order valence-electron chi connectivity index (χ3n) is 2.95. The summed E-state index contributed by atoms with van der Waals surface area (Å²) in [5, 5.41) is 5.41. The molecule has 1 aliphatic heterocycles. The third kappa shape index (κ3) is 3.70.